The number of rotatable bonds is 6. The first-order chi connectivity index (χ1) is 11.0. The standard InChI is InChI=1S/C19H23NO3/c1-5-23-18-11-8-16(12-14(18)2)19(21)20(3)13-15-6-9-17(22-4)10-7-15/h6-12H,5,13H2,1-4H3. The number of nitrogens with zero attached hydrogens (tertiary/aromatic N) is 1. The Balaban J connectivity index is 2.07. The van der Waals surface area contributed by atoms with Gasteiger partial charge in [-0.1, -0.05) is 12.1 Å². The lowest BCUT2D eigenvalue weighted by atomic mass is 10.1. The van der Waals surface area contributed by atoms with Gasteiger partial charge in [0.2, 0.25) is 0 Å². The first-order valence-electron chi connectivity index (χ1n) is 7.67. The zero-order valence-corrected chi connectivity index (χ0v) is 14.1. The predicted octanol–water partition coefficient (Wildman–Crippen LogP) is 3.67. The van der Waals surface area contributed by atoms with E-state index in [1.165, 1.54) is 0 Å². The summed E-state index contributed by atoms with van der Waals surface area (Å²) in [5.41, 5.74) is 2.70. The van der Waals surface area contributed by atoms with E-state index in [0.717, 1.165) is 22.6 Å². The van der Waals surface area contributed by atoms with Gasteiger partial charge in [0.05, 0.1) is 13.7 Å². The molecule has 0 bridgehead atoms. The number of carbonyl (C=O) groups excluding carboxylic acids is 1. The average molecular weight is 313 g/mol. The van der Waals surface area contributed by atoms with Crippen molar-refractivity contribution in [1.82, 2.24) is 4.90 Å². The molecule has 4 nitrogen and oxygen atoms in total. The van der Waals surface area contributed by atoms with Crippen LogP contribution < -0.4 is 9.47 Å². The molecule has 122 valence electrons. The van der Waals surface area contributed by atoms with E-state index in [-0.39, 0.29) is 5.91 Å². The maximum Gasteiger partial charge on any atom is 0.253 e. The highest BCUT2D eigenvalue weighted by Crippen LogP contribution is 2.20. The number of benzene rings is 2. The molecular formula is C19H23NO3. The summed E-state index contributed by atoms with van der Waals surface area (Å²) in [4.78, 5) is 14.3. The highest BCUT2D eigenvalue weighted by atomic mass is 16.5. The number of carbonyl (C=O) groups is 1. The highest BCUT2D eigenvalue weighted by molar-refractivity contribution is 5.94. The van der Waals surface area contributed by atoms with Crippen molar-refractivity contribution in [2.45, 2.75) is 20.4 Å². The molecule has 23 heavy (non-hydrogen) atoms. The van der Waals surface area contributed by atoms with Gasteiger partial charge in [-0.2, -0.15) is 0 Å². The lowest BCUT2D eigenvalue weighted by Gasteiger charge is -2.18. The fourth-order valence-corrected chi connectivity index (χ4v) is 2.40. The summed E-state index contributed by atoms with van der Waals surface area (Å²) in [7, 11) is 3.44. The topological polar surface area (TPSA) is 38.8 Å². The predicted molar refractivity (Wildman–Crippen MR) is 91.1 cm³/mol. The van der Waals surface area contributed by atoms with Crippen LogP contribution in [0.15, 0.2) is 42.5 Å². The van der Waals surface area contributed by atoms with Crippen LogP contribution in [0.2, 0.25) is 0 Å². The molecule has 0 atom stereocenters. The van der Waals surface area contributed by atoms with Crippen molar-refractivity contribution in [2.75, 3.05) is 20.8 Å². The van der Waals surface area contributed by atoms with Crippen molar-refractivity contribution in [2.24, 2.45) is 0 Å². The number of hydrogen-bond acceptors (Lipinski definition) is 3. The van der Waals surface area contributed by atoms with Gasteiger partial charge in [-0.3, -0.25) is 4.79 Å². The van der Waals surface area contributed by atoms with Gasteiger partial charge in [0.1, 0.15) is 11.5 Å². The molecule has 0 spiro atoms. The first kappa shape index (κ1) is 16.9. The molecule has 0 N–H and O–H groups in total. The van der Waals surface area contributed by atoms with Crippen LogP contribution in [-0.4, -0.2) is 31.6 Å². The Morgan fingerprint density at radius 2 is 1.83 bits per heavy atom. The molecule has 1 amide bonds. The van der Waals surface area contributed by atoms with Gasteiger partial charge in [-0.15, -0.1) is 0 Å². The van der Waals surface area contributed by atoms with Crippen LogP contribution in [-0.2, 0) is 6.54 Å². The zero-order chi connectivity index (χ0) is 16.8. The van der Waals surface area contributed by atoms with Crippen LogP contribution in [0, 0.1) is 6.92 Å². The molecule has 0 aliphatic rings. The lowest BCUT2D eigenvalue weighted by molar-refractivity contribution is 0.0785. The van der Waals surface area contributed by atoms with Crippen molar-refractivity contribution in [1.29, 1.82) is 0 Å². The minimum atomic E-state index is -0.00744. The highest BCUT2D eigenvalue weighted by Gasteiger charge is 2.13. The Morgan fingerprint density at radius 3 is 2.39 bits per heavy atom. The second-order valence-electron chi connectivity index (χ2n) is 5.42. The van der Waals surface area contributed by atoms with Crippen molar-refractivity contribution in [3.63, 3.8) is 0 Å². The third-order valence-electron chi connectivity index (χ3n) is 3.65. The monoisotopic (exact) mass is 313 g/mol. The van der Waals surface area contributed by atoms with Crippen LogP contribution in [0.25, 0.3) is 0 Å². The van der Waals surface area contributed by atoms with E-state index in [9.17, 15) is 4.79 Å². The molecule has 4 heteroatoms. The molecule has 0 fully saturated rings. The summed E-state index contributed by atoms with van der Waals surface area (Å²) in [6.45, 7) is 5.06. The first-order valence-corrected chi connectivity index (χ1v) is 7.67. The fourth-order valence-electron chi connectivity index (χ4n) is 2.40. The van der Waals surface area contributed by atoms with E-state index in [1.54, 1.807) is 19.1 Å². The van der Waals surface area contributed by atoms with E-state index in [0.29, 0.717) is 18.7 Å². The smallest absolute Gasteiger partial charge is 0.253 e. The van der Waals surface area contributed by atoms with Crippen LogP contribution in [0.5, 0.6) is 11.5 Å². The van der Waals surface area contributed by atoms with E-state index in [4.69, 9.17) is 9.47 Å². The number of amides is 1. The van der Waals surface area contributed by atoms with E-state index < -0.39 is 0 Å². The van der Waals surface area contributed by atoms with Gasteiger partial charge < -0.3 is 14.4 Å². The van der Waals surface area contributed by atoms with Crippen molar-refractivity contribution in [3.05, 3.63) is 59.2 Å². The Hall–Kier alpha value is -2.49. The lowest BCUT2D eigenvalue weighted by Crippen LogP contribution is -2.26. The van der Waals surface area contributed by atoms with E-state index >= 15 is 0 Å². The van der Waals surface area contributed by atoms with Crippen molar-refractivity contribution < 1.29 is 14.3 Å². The van der Waals surface area contributed by atoms with E-state index in [1.807, 2.05) is 56.3 Å². The number of aryl methyl sites for hydroxylation is 1. The van der Waals surface area contributed by atoms with Crippen molar-refractivity contribution in [3.8, 4) is 11.5 Å². The molecule has 0 heterocycles. The molecule has 0 aromatic heterocycles. The van der Waals surface area contributed by atoms with Crippen LogP contribution >= 0.6 is 0 Å². The summed E-state index contributed by atoms with van der Waals surface area (Å²) < 4.78 is 10.7. The van der Waals surface area contributed by atoms with Gasteiger partial charge in [-0.05, 0) is 55.3 Å². The van der Waals surface area contributed by atoms with Crippen LogP contribution in [0.1, 0.15) is 28.4 Å². The second-order valence-corrected chi connectivity index (χ2v) is 5.42. The third-order valence-corrected chi connectivity index (χ3v) is 3.65. The molecule has 0 radical (unpaired) electrons. The second kappa shape index (κ2) is 7.68. The molecule has 0 saturated heterocycles. The Morgan fingerprint density at radius 1 is 1.13 bits per heavy atom. The zero-order valence-electron chi connectivity index (χ0n) is 14.1. The largest absolute Gasteiger partial charge is 0.497 e. The SMILES string of the molecule is CCOc1ccc(C(=O)N(C)Cc2ccc(OC)cc2)cc1C. The Bertz CT molecular complexity index is 665. The van der Waals surface area contributed by atoms with Gasteiger partial charge in [-0.25, -0.2) is 0 Å². The third kappa shape index (κ3) is 4.25. The van der Waals surface area contributed by atoms with Crippen LogP contribution in [0.3, 0.4) is 0 Å². The molecule has 0 aliphatic heterocycles. The minimum Gasteiger partial charge on any atom is -0.497 e. The summed E-state index contributed by atoms with van der Waals surface area (Å²) in [6, 6.07) is 13.3. The van der Waals surface area contributed by atoms with Gasteiger partial charge in [0, 0.05) is 19.2 Å². The average Bonchev–Trinajstić information content (AvgIpc) is 2.57. The molecular weight excluding hydrogens is 290 g/mol. The minimum absolute atomic E-state index is 0.00744. The summed E-state index contributed by atoms with van der Waals surface area (Å²) >= 11 is 0. The fraction of sp³-hybridized carbons (Fsp3) is 0.316. The molecule has 2 rings (SSSR count). The Labute approximate surface area is 137 Å². The van der Waals surface area contributed by atoms with Gasteiger partial charge >= 0.3 is 0 Å². The summed E-state index contributed by atoms with van der Waals surface area (Å²) in [5, 5.41) is 0. The number of methoxy groups -OCH3 is 1. The number of hydrogen-bond donors (Lipinski definition) is 0. The number of ether oxygens (including phenoxy) is 2. The van der Waals surface area contributed by atoms with E-state index in [2.05, 4.69) is 0 Å². The maximum atomic E-state index is 12.6. The molecule has 0 aliphatic carbocycles. The molecule has 0 saturated carbocycles. The summed E-state index contributed by atoms with van der Waals surface area (Å²) in [6.07, 6.45) is 0. The van der Waals surface area contributed by atoms with Gasteiger partial charge in [0.15, 0.2) is 0 Å². The van der Waals surface area contributed by atoms with Gasteiger partial charge in [0.25, 0.3) is 5.91 Å². The maximum absolute atomic E-state index is 12.6. The summed E-state index contributed by atoms with van der Waals surface area (Å²) in [5.74, 6) is 1.62. The quantitative estimate of drug-likeness (QED) is 0.816. The van der Waals surface area contributed by atoms with Crippen LogP contribution in [0.4, 0.5) is 0 Å². The normalized spacial score (nSPS) is 10.3. The molecule has 2 aromatic rings. The van der Waals surface area contributed by atoms with Crippen molar-refractivity contribution >= 4 is 5.91 Å². The molecule has 0 unspecified atom stereocenters. The molecule has 2 aromatic carbocycles. The Kier molecular flexibility index (Phi) is 5.63.